The van der Waals surface area contributed by atoms with E-state index in [1.807, 2.05) is 0 Å². The van der Waals surface area contributed by atoms with E-state index in [0.29, 0.717) is 12.0 Å². The summed E-state index contributed by atoms with van der Waals surface area (Å²) in [6, 6.07) is 3.92. The number of carboxylic acids is 1. The smallest absolute Gasteiger partial charge is 0.337 e. The highest BCUT2D eigenvalue weighted by Crippen LogP contribution is 2.30. The molecule has 0 amide bonds. The summed E-state index contributed by atoms with van der Waals surface area (Å²) in [6.45, 7) is 7.18. The van der Waals surface area contributed by atoms with Crippen LogP contribution in [-0.4, -0.2) is 27.4 Å². The predicted molar refractivity (Wildman–Crippen MR) is 88.7 cm³/mol. The van der Waals surface area contributed by atoms with Gasteiger partial charge >= 0.3 is 5.97 Å². The third-order valence-corrected chi connectivity index (χ3v) is 4.04. The molecule has 0 fully saturated rings. The SMILES string of the molecule is CCCn1cc(CCCO)c2cc(C(C)C)cc(C(=O)O)c21. The van der Waals surface area contributed by atoms with Crippen LogP contribution < -0.4 is 0 Å². The zero-order valence-electron chi connectivity index (χ0n) is 13.6. The molecule has 0 saturated carbocycles. The van der Waals surface area contributed by atoms with Gasteiger partial charge in [-0.05, 0) is 48.4 Å². The van der Waals surface area contributed by atoms with Crippen LogP contribution in [0, 0.1) is 0 Å². The highest BCUT2D eigenvalue weighted by molar-refractivity contribution is 6.04. The van der Waals surface area contributed by atoms with Gasteiger partial charge in [-0.15, -0.1) is 0 Å². The summed E-state index contributed by atoms with van der Waals surface area (Å²) in [7, 11) is 0. The van der Waals surface area contributed by atoms with Crippen molar-refractivity contribution in [3.05, 3.63) is 35.0 Å². The van der Waals surface area contributed by atoms with Gasteiger partial charge in [0.1, 0.15) is 0 Å². The average Bonchev–Trinajstić information content (AvgIpc) is 2.82. The molecule has 0 atom stereocenters. The Morgan fingerprint density at radius 1 is 1.32 bits per heavy atom. The lowest BCUT2D eigenvalue weighted by Gasteiger charge is -2.11. The number of carboxylic acid groups (broad SMARTS) is 1. The second-order valence-corrected chi connectivity index (χ2v) is 6.10. The zero-order chi connectivity index (χ0) is 16.3. The van der Waals surface area contributed by atoms with Crippen molar-refractivity contribution in [3.63, 3.8) is 0 Å². The van der Waals surface area contributed by atoms with Crippen LogP contribution in [-0.2, 0) is 13.0 Å². The maximum absolute atomic E-state index is 11.7. The third kappa shape index (κ3) is 3.17. The van der Waals surface area contributed by atoms with Crippen LogP contribution in [0.15, 0.2) is 18.3 Å². The van der Waals surface area contributed by atoms with E-state index in [0.717, 1.165) is 41.4 Å². The molecular formula is C18H25NO3. The van der Waals surface area contributed by atoms with Crippen molar-refractivity contribution >= 4 is 16.9 Å². The number of nitrogens with zero attached hydrogens (tertiary/aromatic N) is 1. The zero-order valence-corrected chi connectivity index (χ0v) is 13.6. The largest absolute Gasteiger partial charge is 0.478 e. The fourth-order valence-electron chi connectivity index (χ4n) is 2.92. The van der Waals surface area contributed by atoms with E-state index >= 15 is 0 Å². The number of aryl methyl sites for hydroxylation is 2. The van der Waals surface area contributed by atoms with Crippen molar-refractivity contribution in [2.45, 2.75) is 52.5 Å². The molecule has 0 aliphatic rings. The summed E-state index contributed by atoms with van der Waals surface area (Å²) in [6.07, 6.45) is 4.47. The Morgan fingerprint density at radius 3 is 2.59 bits per heavy atom. The second kappa shape index (κ2) is 6.97. The molecular weight excluding hydrogens is 278 g/mol. The summed E-state index contributed by atoms with van der Waals surface area (Å²) in [5, 5.41) is 19.7. The van der Waals surface area contributed by atoms with E-state index < -0.39 is 5.97 Å². The van der Waals surface area contributed by atoms with Gasteiger partial charge in [-0.1, -0.05) is 20.8 Å². The van der Waals surface area contributed by atoms with Gasteiger partial charge in [-0.3, -0.25) is 0 Å². The van der Waals surface area contributed by atoms with Crippen molar-refractivity contribution in [1.29, 1.82) is 0 Å². The van der Waals surface area contributed by atoms with E-state index in [2.05, 4.69) is 37.6 Å². The number of carbonyl (C=O) groups is 1. The molecule has 2 aromatic rings. The summed E-state index contributed by atoms with van der Waals surface area (Å²) in [5.41, 5.74) is 3.36. The Hall–Kier alpha value is -1.81. The number of benzene rings is 1. The first kappa shape index (κ1) is 16.6. The molecule has 4 nitrogen and oxygen atoms in total. The summed E-state index contributed by atoms with van der Waals surface area (Å²) < 4.78 is 2.05. The van der Waals surface area contributed by atoms with Gasteiger partial charge in [-0.25, -0.2) is 4.79 Å². The fraction of sp³-hybridized carbons (Fsp3) is 0.500. The number of aromatic carboxylic acids is 1. The first-order valence-electron chi connectivity index (χ1n) is 7.99. The molecule has 1 heterocycles. The lowest BCUT2D eigenvalue weighted by atomic mass is 9.96. The van der Waals surface area contributed by atoms with Crippen LogP contribution in [0.2, 0.25) is 0 Å². The minimum absolute atomic E-state index is 0.149. The normalized spacial score (nSPS) is 11.5. The molecule has 0 radical (unpaired) electrons. The average molecular weight is 303 g/mol. The number of hydrogen-bond donors (Lipinski definition) is 2. The van der Waals surface area contributed by atoms with E-state index in [-0.39, 0.29) is 12.5 Å². The lowest BCUT2D eigenvalue weighted by Crippen LogP contribution is -2.04. The Kier molecular flexibility index (Phi) is 5.24. The lowest BCUT2D eigenvalue weighted by molar-refractivity contribution is 0.0698. The predicted octanol–water partition coefficient (Wildman–Crippen LogP) is 3.80. The topological polar surface area (TPSA) is 62.5 Å². The molecule has 0 aliphatic carbocycles. The highest BCUT2D eigenvalue weighted by Gasteiger charge is 2.18. The molecule has 2 rings (SSSR count). The first-order chi connectivity index (χ1) is 10.5. The molecule has 1 aromatic heterocycles. The Labute approximate surface area is 131 Å². The van der Waals surface area contributed by atoms with Crippen LogP contribution in [0.5, 0.6) is 0 Å². The number of rotatable bonds is 7. The van der Waals surface area contributed by atoms with Crippen molar-refractivity contribution in [1.82, 2.24) is 4.57 Å². The van der Waals surface area contributed by atoms with E-state index in [1.54, 1.807) is 6.07 Å². The molecule has 0 spiro atoms. The van der Waals surface area contributed by atoms with Crippen molar-refractivity contribution in [2.24, 2.45) is 0 Å². The maximum atomic E-state index is 11.7. The number of aliphatic hydroxyl groups is 1. The molecule has 0 saturated heterocycles. The van der Waals surface area contributed by atoms with Gasteiger partial charge in [0.15, 0.2) is 0 Å². The quantitative estimate of drug-likeness (QED) is 0.818. The van der Waals surface area contributed by atoms with Gasteiger partial charge in [0.25, 0.3) is 0 Å². The summed E-state index contributed by atoms with van der Waals surface area (Å²) >= 11 is 0. The number of aromatic nitrogens is 1. The molecule has 0 bridgehead atoms. The van der Waals surface area contributed by atoms with Crippen molar-refractivity contribution in [2.75, 3.05) is 6.61 Å². The highest BCUT2D eigenvalue weighted by atomic mass is 16.4. The Morgan fingerprint density at radius 2 is 2.05 bits per heavy atom. The van der Waals surface area contributed by atoms with E-state index in [1.165, 1.54) is 0 Å². The molecule has 2 N–H and O–H groups in total. The standard InChI is InChI=1S/C18H25NO3/c1-4-7-19-11-13(6-5-8-20)15-9-14(12(2)3)10-16(17(15)19)18(21)22/h9-12,20H,4-8H2,1-3H3,(H,21,22). The van der Waals surface area contributed by atoms with E-state index in [4.69, 9.17) is 5.11 Å². The summed E-state index contributed by atoms with van der Waals surface area (Å²) in [5.74, 6) is -0.598. The van der Waals surface area contributed by atoms with Gasteiger partial charge in [0.2, 0.25) is 0 Å². The van der Waals surface area contributed by atoms with Gasteiger partial charge in [0, 0.05) is 24.7 Å². The van der Waals surface area contributed by atoms with Gasteiger partial charge in [-0.2, -0.15) is 0 Å². The second-order valence-electron chi connectivity index (χ2n) is 6.10. The van der Waals surface area contributed by atoms with Crippen LogP contribution in [0.3, 0.4) is 0 Å². The van der Waals surface area contributed by atoms with Gasteiger partial charge in [0.05, 0.1) is 11.1 Å². The number of fused-ring (bicyclic) bond motifs is 1. The molecule has 1 aromatic carbocycles. The molecule has 120 valence electrons. The fourth-order valence-corrected chi connectivity index (χ4v) is 2.92. The molecule has 4 heteroatoms. The first-order valence-corrected chi connectivity index (χ1v) is 7.99. The Bertz CT molecular complexity index is 671. The molecule has 22 heavy (non-hydrogen) atoms. The number of aliphatic hydroxyl groups excluding tert-OH is 1. The van der Waals surface area contributed by atoms with Crippen LogP contribution in [0.1, 0.15) is 61.0 Å². The third-order valence-electron chi connectivity index (χ3n) is 4.04. The molecule has 0 unspecified atom stereocenters. The Balaban J connectivity index is 2.72. The molecule has 0 aliphatic heterocycles. The van der Waals surface area contributed by atoms with Crippen LogP contribution in [0.25, 0.3) is 10.9 Å². The number of hydrogen-bond acceptors (Lipinski definition) is 2. The monoisotopic (exact) mass is 303 g/mol. The van der Waals surface area contributed by atoms with Crippen molar-refractivity contribution in [3.8, 4) is 0 Å². The minimum Gasteiger partial charge on any atom is -0.478 e. The van der Waals surface area contributed by atoms with Gasteiger partial charge < -0.3 is 14.8 Å². The summed E-state index contributed by atoms with van der Waals surface area (Å²) in [4.78, 5) is 11.7. The van der Waals surface area contributed by atoms with Crippen LogP contribution in [0.4, 0.5) is 0 Å². The van der Waals surface area contributed by atoms with Crippen LogP contribution >= 0.6 is 0 Å². The maximum Gasteiger partial charge on any atom is 0.337 e. The minimum atomic E-state index is -0.878. The van der Waals surface area contributed by atoms with E-state index in [9.17, 15) is 9.90 Å². The van der Waals surface area contributed by atoms with Crippen molar-refractivity contribution < 1.29 is 15.0 Å².